The molecule has 0 spiro atoms. The van der Waals surface area contributed by atoms with E-state index in [4.69, 9.17) is 10.5 Å². The van der Waals surface area contributed by atoms with Gasteiger partial charge in [-0.25, -0.2) is 4.98 Å². The Morgan fingerprint density at radius 3 is 3.05 bits per heavy atom. The van der Waals surface area contributed by atoms with Gasteiger partial charge in [-0.15, -0.1) is 0 Å². The number of carbonyl (C=O) groups excluding carboxylic acids is 1. The van der Waals surface area contributed by atoms with Gasteiger partial charge in [-0.3, -0.25) is 4.79 Å². The van der Waals surface area contributed by atoms with E-state index < -0.39 is 0 Å². The van der Waals surface area contributed by atoms with Gasteiger partial charge >= 0.3 is 0 Å². The number of nitrogens with two attached hydrogens (primary N) is 1. The summed E-state index contributed by atoms with van der Waals surface area (Å²) in [5, 5.41) is 2.81. The highest BCUT2D eigenvalue weighted by Crippen LogP contribution is 2.20. The standard InChI is InChI=1S/C16H21N3O2/c17-9-3-5-13-6-4-10-18-15(13)16(20)19-11-12-21-14-7-1-2-8-14/h4,6,10,14H,1-2,7-9,11-12,17H2,(H,19,20). The number of nitrogens with zero attached hydrogens (tertiary/aromatic N) is 1. The van der Waals surface area contributed by atoms with Gasteiger partial charge in [-0.2, -0.15) is 0 Å². The molecule has 21 heavy (non-hydrogen) atoms. The number of rotatable bonds is 5. The molecule has 0 radical (unpaired) electrons. The van der Waals surface area contributed by atoms with Crippen LogP contribution in [0.1, 0.15) is 41.7 Å². The number of hydrogen-bond donors (Lipinski definition) is 2. The highest BCUT2D eigenvalue weighted by Gasteiger charge is 2.15. The van der Waals surface area contributed by atoms with Gasteiger partial charge in [0.25, 0.3) is 5.91 Å². The van der Waals surface area contributed by atoms with E-state index in [0.29, 0.717) is 30.5 Å². The number of pyridine rings is 1. The predicted molar refractivity (Wildman–Crippen MR) is 80.7 cm³/mol. The highest BCUT2D eigenvalue weighted by atomic mass is 16.5. The van der Waals surface area contributed by atoms with Crippen molar-refractivity contribution in [3.05, 3.63) is 29.6 Å². The number of carbonyl (C=O) groups is 1. The Kier molecular flexibility index (Phi) is 6.20. The van der Waals surface area contributed by atoms with Crippen molar-refractivity contribution in [2.45, 2.75) is 31.8 Å². The molecule has 0 unspecified atom stereocenters. The lowest BCUT2D eigenvalue weighted by molar-refractivity contribution is 0.0581. The Bertz CT molecular complexity index is 528. The van der Waals surface area contributed by atoms with Gasteiger partial charge in [0.1, 0.15) is 5.69 Å². The van der Waals surface area contributed by atoms with E-state index in [-0.39, 0.29) is 12.5 Å². The molecule has 0 aromatic carbocycles. The van der Waals surface area contributed by atoms with E-state index >= 15 is 0 Å². The van der Waals surface area contributed by atoms with Crippen LogP contribution in [0, 0.1) is 11.8 Å². The second-order valence-corrected chi connectivity index (χ2v) is 4.94. The third kappa shape index (κ3) is 4.85. The summed E-state index contributed by atoms with van der Waals surface area (Å²) < 4.78 is 5.70. The molecule has 2 rings (SSSR count). The summed E-state index contributed by atoms with van der Waals surface area (Å²) in [5.74, 6) is 5.37. The zero-order valence-corrected chi connectivity index (χ0v) is 12.1. The van der Waals surface area contributed by atoms with Crippen LogP contribution in [-0.2, 0) is 4.74 Å². The number of ether oxygens (including phenoxy) is 1. The molecule has 1 saturated carbocycles. The third-order valence-corrected chi connectivity index (χ3v) is 3.39. The van der Waals surface area contributed by atoms with Crippen molar-refractivity contribution >= 4 is 5.91 Å². The van der Waals surface area contributed by atoms with Crippen molar-refractivity contribution in [2.24, 2.45) is 5.73 Å². The molecule has 1 aromatic heterocycles. The van der Waals surface area contributed by atoms with Gasteiger partial charge in [0.15, 0.2) is 0 Å². The average Bonchev–Trinajstić information content (AvgIpc) is 3.03. The molecule has 1 aromatic rings. The van der Waals surface area contributed by atoms with Gasteiger partial charge < -0.3 is 15.8 Å². The van der Waals surface area contributed by atoms with Crippen LogP contribution in [0.15, 0.2) is 18.3 Å². The van der Waals surface area contributed by atoms with E-state index in [2.05, 4.69) is 22.1 Å². The van der Waals surface area contributed by atoms with Crippen molar-refractivity contribution < 1.29 is 9.53 Å². The van der Waals surface area contributed by atoms with Crippen molar-refractivity contribution in [1.29, 1.82) is 0 Å². The predicted octanol–water partition coefficient (Wildman–Crippen LogP) is 1.08. The molecule has 1 fully saturated rings. The minimum atomic E-state index is -0.230. The van der Waals surface area contributed by atoms with Crippen LogP contribution < -0.4 is 11.1 Å². The average molecular weight is 287 g/mol. The summed E-state index contributed by atoms with van der Waals surface area (Å²) in [6.07, 6.45) is 6.70. The van der Waals surface area contributed by atoms with Crippen LogP contribution in [0.25, 0.3) is 0 Å². The first-order chi connectivity index (χ1) is 10.3. The highest BCUT2D eigenvalue weighted by molar-refractivity contribution is 5.94. The molecule has 5 nitrogen and oxygen atoms in total. The van der Waals surface area contributed by atoms with Gasteiger partial charge in [-0.05, 0) is 25.0 Å². The lowest BCUT2D eigenvalue weighted by Crippen LogP contribution is -2.29. The molecule has 1 amide bonds. The summed E-state index contributed by atoms with van der Waals surface area (Å²) in [6.45, 7) is 1.27. The minimum absolute atomic E-state index is 0.230. The second-order valence-electron chi connectivity index (χ2n) is 4.94. The largest absolute Gasteiger partial charge is 0.376 e. The molecular formula is C16H21N3O2. The van der Waals surface area contributed by atoms with Crippen LogP contribution in [0.5, 0.6) is 0 Å². The van der Waals surface area contributed by atoms with Crippen LogP contribution in [-0.4, -0.2) is 36.7 Å². The van der Waals surface area contributed by atoms with Gasteiger partial charge in [0.2, 0.25) is 0 Å². The lowest BCUT2D eigenvalue weighted by Gasteiger charge is -2.11. The Balaban J connectivity index is 1.82. The van der Waals surface area contributed by atoms with Crippen molar-refractivity contribution in [3.63, 3.8) is 0 Å². The first kappa shape index (κ1) is 15.5. The first-order valence-electron chi connectivity index (χ1n) is 7.35. The number of nitrogens with one attached hydrogen (secondary N) is 1. The van der Waals surface area contributed by atoms with Crippen LogP contribution in [0.4, 0.5) is 0 Å². The topological polar surface area (TPSA) is 77.2 Å². The smallest absolute Gasteiger partial charge is 0.271 e. The van der Waals surface area contributed by atoms with E-state index in [1.165, 1.54) is 12.8 Å². The summed E-state index contributed by atoms with van der Waals surface area (Å²) in [4.78, 5) is 16.2. The van der Waals surface area contributed by atoms with Crippen molar-refractivity contribution in [3.8, 4) is 11.8 Å². The van der Waals surface area contributed by atoms with Crippen LogP contribution in [0.2, 0.25) is 0 Å². The maximum atomic E-state index is 12.1. The molecule has 0 saturated heterocycles. The molecule has 3 N–H and O–H groups in total. The summed E-state index contributed by atoms with van der Waals surface area (Å²) in [6, 6.07) is 3.51. The van der Waals surface area contributed by atoms with E-state index in [1.54, 1.807) is 18.3 Å². The molecule has 112 valence electrons. The third-order valence-electron chi connectivity index (χ3n) is 3.39. The monoisotopic (exact) mass is 287 g/mol. The number of aromatic nitrogens is 1. The Morgan fingerprint density at radius 2 is 2.29 bits per heavy atom. The van der Waals surface area contributed by atoms with Gasteiger partial charge in [0.05, 0.1) is 24.8 Å². The Morgan fingerprint density at radius 1 is 1.48 bits per heavy atom. The minimum Gasteiger partial charge on any atom is -0.376 e. The van der Waals surface area contributed by atoms with E-state index in [0.717, 1.165) is 12.8 Å². The molecule has 0 atom stereocenters. The number of amides is 1. The SMILES string of the molecule is NCC#Cc1cccnc1C(=O)NCCOC1CCCC1. The number of hydrogen-bond acceptors (Lipinski definition) is 4. The Labute approximate surface area is 125 Å². The Hall–Kier alpha value is -1.90. The molecule has 1 heterocycles. The normalized spacial score (nSPS) is 14.5. The molecule has 5 heteroatoms. The summed E-state index contributed by atoms with van der Waals surface area (Å²) in [5.41, 5.74) is 6.28. The maximum Gasteiger partial charge on any atom is 0.271 e. The zero-order chi connectivity index (χ0) is 14.9. The zero-order valence-electron chi connectivity index (χ0n) is 12.1. The quantitative estimate of drug-likeness (QED) is 0.627. The van der Waals surface area contributed by atoms with Crippen molar-refractivity contribution in [2.75, 3.05) is 19.7 Å². The first-order valence-corrected chi connectivity index (χ1v) is 7.35. The van der Waals surface area contributed by atoms with Gasteiger partial charge in [0, 0.05) is 12.7 Å². The van der Waals surface area contributed by atoms with Gasteiger partial charge in [-0.1, -0.05) is 24.7 Å². The molecule has 0 aliphatic heterocycles. The molecule has 0 bridgehead atoms. The second kappa shape index (κ2) is 8.40. The lowest BCUT2D eigenvalue weighted by atomic mass is 10.2. The van der Waals surface area contributed by atoms with E-state index in [9.17, 15) is 4.79 Å². The molecular weight excluding hydrogens is 266 g/mol. The summed E-state index contributed by atoms with van der Waals surface area (Å²) in [7, 11) is 0. The fourth-order valence-corrected chi connectivity index (χ4v) is 2.36. The fourth-order valence-electron chi connectivity index (χ4n) is 2.36. The summed E-state index contributed by atoms with van der Waals surface area (Å²) >= 11 is 0. The molecule has 1 aliphatic rings. The van der Waals surface area contributed by atoms with E-state index in [1.807, 2.05) is 0 Å². The van der Waals surface area contributed by atoms with Crippen LogP contribution in [0.3, 0.4) is 0 Å². The molecule has 1 aliphatic carbocycles. The maximum absolute atomic E-state index is 12.1. The van der Waals surface area contributed by atoms with Crippen LogP contribution >= 0.6 is 0 Å². The fraction of sp³-hybridized carbons (Fsp3) is 0.500. The van der Waals surface area contributed by atoms with Crippen molar-refractivity contribution in [1.82, 2.24) is 10.3 Å².